The number of esters is 1. The van der Waals surface area contributed by atoms with Crippen molar-refractivity contribution in [3.8, 4) is 5.75 Å². The number of ether oxygens (including phenoxy) is 1. The number of rotatable bonds is 5. The first-order valence-corrected chi connectivity index (χ1v) is 12.5. The molecular weight excluding hydrogens is 460 g/mol. The second-order valence-electron chi connectivity index (χ2n) is 7.92. The highest BCUT2D eigenvalue weighted by Crippen LogP contribution is 2.23. The van der Waals surface area contributed by atoms with E-state index in [0.717, 1.165) is 31.5 Å². The first-order chi connectivity index (χ1) is 15.9. The molecule has 1 aliphatic heterocycles. The minimum atomic E-state index is -3.67. The molecule has 3 rings (SSSR count). The van der Waals surface area contributed by atoms with E-state index in [-0.39, 0.29) is 17.8 Å². The van der Waals surface area contributed by atoms with Crippen LogP contribution in [0, 0.1) is 5.41 Å². The van der Waals surface area contributed by atoms with E-state index in [4.69, 9.17) is 20.4 Å². The van der Waals surface area contributed by atoms with E-state index in [0.29, 0.717) is 23.3 Å². The van der Waals surface area contributed by atoms with Crippen molar-refractivity contribution in [2.24, 2.45) is 5.73 Å². The lowest BCUT2D eigenvalue weighted by atomic mass is 9.98. The first kappa shape index (κ1) is 26.8. The topological polar surface area (TPSA) is 163 Å². The van der Waals surface area contributed by atoms with Gasteiger partial charge < -0.3 is 20.7 Å². The third-order valence-electron chi connectivity index (χ3n) is 5.03. The Balaban J connectivity index is 0.000000739. The molecule has 1 amide bonds. The van der Waals surface area contributed by atoms with Gasteiger partial charge in [0.15, 0.2) is 5.96 Å². The van der Waals surface area contributed by atoms with Gasteiger partial charge in [0.25, 0.3) is 10.1 Å². The molecule has 0 bridgehead atoms. The van der Waals surface area contributed by atoms with Crippen molar-refractivity contribution < 1.29 is 27.3 Å². The van der Waals surface area contributed by atoms with Gasteiger partial charge in [0.2, 0.25) is 5.91 Å². The Hall–Kier alpha value is -3.44. The predicted octanol–water partition coefficient (Wildman–Crippen LogP) is 2.83. The Morgan fingerprint density at radius 1 is 1.06 bits per heavy atom. The quantitative estimate of drug-likeness (QED) is 0.163. The van der Waals surface area contributed by atoms with Gasteiger partial charge in [-0.15, -0.1) is 0 Å². The Morgan fingerprint density at radius 2 is 1.59 bits per heavy atom. The molecule has 2 aromatic carbocycles. The number of amides is 1. The van der Waals surface area contributed by atoms with Crippen LogP contribution in [0.2, 0.25) is 0 Å². The number of nitrogens with zero attached hydrogens (tertiary/aromatic N) is 1. The van der Waals surface area contributed by atoms with Gasteiger partial charge >= 0.3 is 5.97 Å². The fraction of sp³-hybridized carbons (Fsp3) is 0.348. The Morgan fingerprint density at radius 3 is 2.09 bits per heavy atom. The summed E-state index contributed by atoms with van der Waals surface area (Å²) in [6.45, 7) is 3.58. The molecule has 0 radical (unpaired) electrons. The van der Waals surface area contributed by atoms with Crippen molar-refractivity contribution in [1.82, 2.24) is 4.90 Å². The molecule has 184 valence electrons. The number of piperidine rings is 1. The van der Waals surface area contributed by atoms with E-state index in [2.05, 4.69) is 5.32 Å². The molecule has 1 heterocycles. The zero-order chi connectivity index (χ0) is 25.3. The molecule has 0 aromatic heterocycles. The average molecular weight is 491 g/mol. The van der Waals surface area contributed by atoms with Crippen LogP contribution >= 0.6 is 0 Å². The maximum absolute atomic E-state index is 12.7. The third-order valence-corrected chi connectivity index (χ3v) is 5.03. The standard InChI is InChI=1S/C22H26N4O3.CH4O3S/c1-15(20(27)26-13-3-2-4-14-26)16-7-11-19(12-8-16)29-21(28)17-5-9-18(10-6-17)25-22(23)24;1-5(2,3)4/h5-12,15H,2-4,13-14H2,1H3,(H4,23,24,25);1H3,(H,2,3,4). The van der Waals surface area contributed by atoms with E-state index in [1.807, 2.05) is 24.0 Å². The second kappa shape index (κ2) is 12.1. The molecule has 1 atom stereocenters. The monoisotopic (exact) mass is 490 g/mol. The number of hydrogen-bond acceptors (Lipinski definition) is 6. The maximum Gasteiger partial charge on any atom is 0.343 e. The van der Waals surface area contributed by atoms with Crippen molar-refractivity contribution in [3.63, 3.8) is 0 Å². The summed E-state index contributed by atoms with van der Waals surface area (Å²) in [5.74, 6) is -0.312. The number of benzene rings is 2. The summed E-state index contributed by atoms with van der Waals surface area (Å²) < 4.78 is 31.3. The number of likely N-dealkylation sites (tertiary alicyclic amines) is 1. The third kappa shape index (κ3) is 9.20. The number of carbonyl (C=O) groups is 2. The van der Waals surface area contributed by atoms with Gasteiger partial charge in [-0.25, -0.2) is 4.79 Å². The van der Waals surface area contributed by atoms with Crippen molar-refractivity contribution in [3.05, 3.63) is 59.7 Å². The molecule has 1 saturated heterocycles. The minimum absolute atomic E-state index is 0.147. The van der Waals surface area contributed by atoms with E-state index in [9.17, 15) is 18.0 Å². The lowest BCUT2D eigenvalue weighted by molar-refractivity contribution is -0.133. The van der Waals surface area contributed by atoms with E-state index in [1.165, 1.54) is 6.42 Å². The summed E-state index contributed by atoms with van der Waals surface area (Å²) >= 11 is 0. The summed E-state index contributed by atoms with van der Waals surface area (Å²) in [5, 5.41) is 9.85. The van der Waals surface area contributed by atoms with Crippen LogP contribution in [0.5, 0.6) is 5.75 Å². The largest absolute Gasteiger partial charge is 0.423 e. The lowest BCUT2D eigenvalue weighted by Gasteiger charge is -2.29. The lowest BCUT2D eigenvalue weighted by Crippen LogP contribution is -2.38. The van der Waals surface area contributed by atoms with E-state index >= 15 is 0 Å². The fourth-order valence-electron chi connectivity index (χ4n) is 3.37. The van der Waals surface area contributed by atoms with Gasteiger partial charge in [-0.3, -0.25) is 14.8 Å². The Labute approximate surface area is 199 Å². The van der Waals surface area contributed by atoms with Crippen molar-refractivity contribution in [1.29, 1.82) is 5.41 Å². The summed E-state index contributed by atoms with van der Waals surface area (Å²) in [6.07, 6.45) is 4.04. The normalized spacial score (nSPS) is 14.3. The van der Waals surface area contributed by atoms with Crippen molar-refractivity contribution in [2.45, 2.75) is 32.1 Å². The Kier molecular flexibility index (Phi) is 9.58. The fourth-order valence-corrected chi connectivity index (χ4v) is 3.37. The van der Waals surface area contributed by atoms with Crippen LogP contribution < -0.4 is 15.8 Å². The molecule has 1 aliphatic rings. The average Bonchev–Trinajstić information content (AvgIpc) is 2.78. The van der Waals surface area contributed by atoms with Gasteiger partial charge in [-0.2, -0.15) is 8.42 Å². The van der Waals surface area contributed by atoms with Gasteiger partial charge in [0.05, 0.1) is 17.7 Å². The molecule has 1 fully saturated rings. The number of nitrogens with one attached hydrogen (secondary N) is 2. The highest BCUT2D eigenvalue weighted by molar-refractivity contribution is 7.85. The highest BCUT2D eigenvalue weighted by atomic mass is 32.2. The molecule has 5 N–H and O–H groups in total. The SMILES string of the molecule is CC(C(=O)N1CCCCC1)c1ccc(OC(=O)c2ccc(NC(=N)N)cc2)cc1.CS(=O)(=O)O. The number of nitrogens with two attached hydrogens (primary N) is 1. The summed E-state index contributed by atoms with van der Waals surface area (Å²) in [4.78, 5) is 26.9. The molecule has 34 heavy (non-hydrogen) atoms. The first-order valence-electron chi connectivity index (χ1n) is 10.7. The summed E-state index contributed by atoms with van der Waals surface area (Å²) in [7, 11) is -3.67. The zero-order valence-electron chi connectivity index (χ0n) is 19.2. The van der Waals surface area contributed by atoms with E-state index < -0.39 is 16.1 Å². The van der Waals surface area contributed by atoms with Crippen LogP contribution in [0.15, 0.2) is 48.5 Å². The van der Waals surface area contributed by atoms with Crippen molar-refractivity contribution in [2.75, 3.05) is 24.7 Å². The molecule has 0 spiro atoms. The van der Waals surface area contributed by atoms with Crippen LogP contribution in [0.25, 0.3) is 0 Å². The predicted molar refractivity (Wildman–Crippen MR) is 130 cm³/mol. The molecule has 0 saturated carbocycles. The number of carbonyl (C=O) groups excluding carboxylic acids is 2. The van der Waals surface area contributed by atoms with Crippen LogP contribution in [0.3, 0.4) is 0 Å². The van der Waals surface area contributed by atoms with Gasteiger partial charge in [0.1, 0.15) is 5.75 Å². The smallest absolute Gasteiger partial charge is 0.343 e. The maximum atomic E-state index is 12.7. The summed E-state index contributed by atoms with van der Waals surface area (Å²) in [6, 6.07) is 13.6. The highest BCUT2D eigenvalue weighted by Gasteiger charge is 2.23. The molecule has 10 nitrogen and oxygen atoms in total. The molecule has 1 unspecified atom stereocenters. The molecule has 11 heteroatoms. The van der Waals surface area contributed by atoms with Crippen LogP contribution in [0.4, 0.5) is 5.69 Å². The number of anilines is 1. The van der Waals surface area contributed by atoms with Crippen LogP contribution in [-0.4, -0.2) is 55.1 Å². The molecule has 2 aromatic rings. The number of hydrogen-bond donors (Lipinski definition) is 4. The summed E-state index contributed by atoms with van der Waals surface area (Å²) in [5.41, 5.74) is 7.18. The Bertz CT molecular complexity index is 1090. The van der Waals surface area contributed by atoms with Crippen molar-refractivity contribution >= 4 is 33.6 Å². The van der Waals surface area contributed by atoms with Crippen LogP contribution in [-0.2, 0) is 14.9 Å². The minimum Gasteiger partial charge on any atom is -0.423 e. The molecule has 0 aliphatic carbocycles. The van der Waals surface area contributed by atoms with E-state index in [1.54, 1.807) is 36.4 Å². The van der Waals surface area contributed by atoms with Gasteiger partial charge in [0, 0.05) is 18.8 Å². The molecular formula is C23H30N4O6S. The van der Waals surface area contributed by atoms with Gasteiger partial charge in [-0.05, 0) is 68.1 Å². The van der Waals surface area contributed by atoms with Gasteiger partial charge in [-0.1, -0.05) is 12.1 Å². The second-order valence-corrected chi connectivity index (χ2v) is 9.38. The zero-order valence-corrected chi connectivity index (χ0v) is 20.0. The number of guanidine groups is 1. The van der Waals surface area contributed by atoms with Crippen LogP contribution in [0.1, 0.15) is 48.0 Å².